The third-order valence-electron chi connectivity index (χ3n) is 1.44. The van der Waals surface area contributed by atoms with Crippen LogP contribution in [0.15, 0.2) is 18.7 Å². The van der Waals surface area contributed by atoms with Gasteiger partial charge in [-0.1, -0.05) is 0 Å². The Labute approximate surface area is 76.0 Å². The summed E-state index contributed by atoms with van der Waals surface area (Å²) in [5.74, 6) is -0.103. The second-order valence-electron chi connectivity index (χ2n) is 2.49. The Morgan fingerprint density at radius 1 is 1.69 bits per heavy atom. The quantitative estimate of drug-likeness (QED) is 0.655. The highest BCUT2D eigenvalue weighted by atomic mass is 16.1. The Bertz CT molecular complexity index is 298. The van der Waals surface area contributed by atoms with Gasteiger partial charge in [0.2, 0.25) is 5.91 Å². The highest BCUT2D eigenvalue weighted by Gasteiger charge is 1.99. The number of nitriles is 1. The molecule has 1 rings (SSSR count). The third-order valence-corrected chi connectivity index (χ3v) is 1.44. The first-order chi connectivity index (χ1) is 6.33. The molecule has 0 aliphatic carbocycles. The summed E-state index contributed by atoms with van der Waals surface area (Å²) in [5.41, 5.74) is 0. The zero-order valence-corrected chi connectivity index (χ0v) is 7.10. The minimum absolute atomic E-state index is 0.103. The summed E-state index contributed by atoms with van der Waals surface area (Å²) in [4.78, 5) is 14.9. The van der Waals surface area contributed by atoms with Crippen molar-refractivity contribution in [1.82, 2.24) is 14.9 Å². The van der Waals surface area contributed by atoms with E-state index in [1.165, 1.54) is 0 Å². The van der Waals surface area contributed by atoms with Crippen LogP contribution in [0.5, 0.6) is 0 Å². The molecule has 0 aromatic carbocycles. The lowest BCUT2D eigenvalue weighted by Crippen LogP contribution is -2.27. The lowest BCUT2D eigenvalue weighted by molar-refractivity contribution is -0.121. The van der Waals surface area contributed by atoms with E-state index in [1.807, 2.05) is 6.07 Å². The number of imidazole rings is 1. The van der Waals surface area contributed by atoms with E-state index in [9.17, 15) is 4.79 Å². The molecule has 5 nitrogen and oxygen atoms in total. The Morgan fingerprint density at radius 3 is 3.15 bits per heavy atom. The zero-order chi connectivity index (χ0) is 9.52. The summed E-state index contributed by atoms with van der Waals surface area (Å²) in [6.45, 7) is 0.662. The number of hydrogen-bond acceptors (Lipinski definition) is 3. The van der Waals surface area contributed by atoms with Gasteiger partial charge in [-0.3, -0.25) is 4.79 Å². The largest absolute Gasteiger partial charge is 0.354 e. The van der Waals surface area contributed by atoms with E-state index in [2.05, 4.69) is 10.3 Å². The van der Waals surface area contributed by atoms with Gasteiger partial charge in [0, 0.05) is 18.9 Å². The van der Waals surface area contributed by atoms with Crippen molar-refractivity contribution in [3.05, 3.63) is 18.7 Å². The van der Waals surface area contributed by atoms with Gasteiger partial charge in [-0.2, -0.15) is 5.26 Å². The van der Waals surface area contributed by atoms with Gasteiger partial charge in [-0.15, -0.1) is 0 Å². The van der Waals surface area contributed by atoms with Crippen LogP contribution in [0.1, 0.15) is 6.42 Å². The Morgan fingerprint density at radius 2 is 2.54 bits per heavy atom. The summed E-state index contributed by atoms with van der Waals surface area (Å²) < 4.78 is 1.67. The van der Waals surface area contributed by atoms with Crippen LogP contribution in [0.25, 0.3) is 0 Å². The number of rotatable bonds is 4. The van der Waals surface area contributed by atoms with E-state index in [0.29, 0.717) is 13.0 Å². The predicted molar refractivity (Wildman–Crippen MR) is 45.5 cm³/mol. The van der Waals surface area contributed by atoms with Crippen molar-refractivity contribution in [3.8, 4) is 6.07 Å². The van der Waals surface area contributed by atoms with Gasteiger partial charge in [-0.25, -0.2) is 4.98 Å². The van der Waals surface area contributed by atoms with Crippen LogP contribution in [0.2, 0.25) is 0 Å². The Kier molecular flexibility index (Phi) is 3.51. The normalized spacial score (nSPS) is 9.15. The smallest absolute Gasteiger partial charge is 0.240 e. The molecule has 0 radical (unpaired) electrons. The summed E-state index contributed by atoms with van der Waals surface area (Å²) in [6, 6.07) is 1.95. The van der Waals surface area contributed by atoms with E-state index in [1.54, 1.807) is 23.3 Å². The van der Waals surface area contributed by atoms with Gasteiger partial charge in [-0.05, 0) is 0 Å². The fourth-order valence-electron chi connectivity index (χ4n) is 0.860. The summed E-state index contributed by atoms with van der Waals surface area (Å²) in [7, 11) is 0. The topological polar surface area (TPSA) is 70.7 Å². The second kappa shape index (κ2) is 4.93. The van der Waals surface area contributed by atoms with Crippen molar-refractivity contribution in [3.63, 3.8) is 0 Å². The number of amides is 1. The molecule has 0 aliphatic rings. The molecule has 0 saturated heterocycles. The highest BCUT2D eigenvalue weighted by molar-refractivity contribution is 5.75. The van der Waals surface area contributed by atoms with Gasteiger partial charge < -0.3 is 9.88 Å². The van der Waals surface area contributed by atoms with Crippen LogP contribution in [-0.2, 0) is 11.3 Å². The lowest BCUT2D eigenvalue weighted by Gasteiger charge is -2.02. The molecule has 68 valence electrons. The Balaban J connectivity index is 2.23. The van der Waals surface area contributed by atoms with Crippen LogP contribution in [0.4, 0.5) is 0 Å². The maximum Gasteiger partial charge on any atom is 0.240 e. The van der Waals surface area contributed by atoms with Gasteiger partial charge in [0.25, 0.3) is 0 Å². The van der Waals surface area contributed by atoms with Crippen molar-refractivity contribution < 1.29 is 4.79 Å². The second-order valence-corrected chi connectivity index (χ2v) is 2.49. The molecule has 1 aromatic heterocycles. The minimum atomic E-state index is -0.103. The molecule has 1 amide bonds. The molecule has 5 heteroatoms. The number of carbonyl (C=O) groups is 1. The molecule has 1 aromatic rings. The predicted octanol–water partition coefficient (Wildman–Crippen LogP) is -0.0870. The van der Waals surface area contributed by atoms with Crippen molar-refractivity contribution in [1.29, 1.82) is 5.26 Å². The standard InChI is InChI=1S/C8H10N4O/c9-2-1-3-11-8(13)6-12-5-4-10-7-12/h4-5,7H,1,3,6H2,(H,11,13). The first-order valence-electron chi connectivity index (χ1n) is 3.92. The van der Waals surface area contributed by atoms with Crippen LogP contribution in [-0.4, -0.2) is 22.0 Å². The molecule has 0 fully saturated rings. The molecule has 0 atom stereocenters. The maximum atomic E-state index is 11.1. The fourth-order valence-corrected chi connectivity index (χ4v) is 0.860. The van der Waals surface area contributed by atoms with Crippen molar-refractivity contribution in [2.24, 2.45) is 0 Å². The van der Waals surface area contributed by atoms with E-state index in [0.717, 1.165) is 0 Å². The number of hydrogen-bond donors (Lipinski definition) is 1. The van der Waals surface area contributed by atoms with E-state index >= 15 is 0 Å². The van der Waals surface area contributed by atoms with Crippen molar-refractivity contribution in [2.75, 3.05) is 6.54 Å². The number of carbonyl (C=O) groups excluding carboxylic acids is 1. The van der Waals surface area contributed by atoms with E-state index in [-0.39, 0.29) is 12.5 Å². The summed E-state index contributed by atoms with van der Waals surface area (Å²) >= 11 is 0. The maximum absolute atomic E-state index is 11.1. The molecule has 0 saturated carbocycles. The van der Waals surface area contributed by atoms with Gasteiger partial charge in [0.1, 0.15) is 6.54 Å². The van der Waals surface area contributed by atoms with Crippen molar-refractivity contribution in [2.45, 2.75) is 13.0 Å². The first-order valence-corrected chi connectivity index (χ1v) is 3.92. The molecule has 0 spiro atoms. The van der Waals surface area contributed by atoms with Crippen LogP contribution in [0, 0.1) is 11.3 Å². The average molecular weight is 178 g/mol. The third kappa shape index (κ3) is 3.38. The molecule has 0 bridgehead atoms. The monoisotopic (exact) mass is 178 g/mol. The van der Waals surface area contributed by atoms with Crippen LogP contribution in [0.3, 0.4) is 0 Å². The summed E-state index contributed by atoms with van der Waals surface area (Å²) in [5, 5.41) is 10.8. The Hall–Kier alpha value is -1.83. The van der Waals surface area contributed by atoms with Gasteiger partial charge in [0.05, 0.1) is 18.8 Å². The molecular weight excluding hydrogens is 168 g/mol. The van der Waals surface area contributed by atoms with Crippen molar-refractivity contribution >= 4 is 5.91 Å². The first kappa shape index (κ1) is 9.26. The molecule has 1 N–H and O–H groups in total. The molecule has 0 unspecified atom stereocenters. The lowest BCUT2D eigenvalue weighted by atomic mass is 10.4. The zero-order valence-electron chi connectivity index (χ0n) is 7.10. The van der Waals surface area contributed by atoms with Gasteiger partial charge in [0.15, 0.2) is 0 Å². The SMILES string of the molecule is N#CCCNC(=O)Cn1ccnc1. The minimum Gasteiger partial charge on any atom is -0.354 e. The molecule has 1 heterocycles. The average Bonchev–Trinajstić information content (AvgIpc) is 2.57. The summed E-state index contributed by atoms with van der Waals surface area (Å²) in [6.07, 6.45) is 5.24. The van der Waals surface area contributed by atoms with E-state index < -0.39 is 0 Å². The van der Waals surface area contributed by atoms with E-state index in [4.69, 9.17) is 5.26 Å². The van der Waals surface area contributed by atoms with Crippen LogP contribution >= 0.6 is 0 Å². The fraction of sp³-hybridized carbons (Fsp3) is 0.375. The molecule has 13 heavy (non-hydrogen) atoms. The number of aromatic nitrogens is 2. The number of nitrogens with zero attached hydrogens (tertiary/aromatic N) is 3. The number of nitrogens with one attached hydrogen (secondary N) is 1. The molecular formula is C8H10N4O. The highest BCUT2D eigenvalue weighted by Crippen LogP contribution is 1.85. The molecule has 0 aliphatic heterocycles. The van der Waals surface area contributed by atoms with Gasteiger partial charge >= 0.3 is 0 Å². The van der Waals surface area contributed by atoms with Crippen LogP contribution < -0.4 is 5.32 Å².